The van der Waals surface area contributed by atoms with E-state index in [2.05, 4.69) is 16.5 Å². The summed E-state index contributed by atoms with van der Waals surface area (Å²) in [7, 11) is 0. The van der Waals surface area contributed by atoms with E-state index in [-0.39, 0.29) is 17.9 Å². The number of nitrogens with zero attached hydrogens (tertiary/aromatic N) is 3. The predicted octanol–water partition coefficient (Wildman–Crippen LogP) is 2.95. The summed E-state index contributed by atoms with van der Waals surface area (Å²) in [6.07, 6.45) is 6.91. The second-order valence-corrected chi connectivity index (χ2v) is 6.91. The lowest BCUT2D eigenvalue weighted by Gasteiger charge is -2.36. The molecule has 3 rings (SSSR count). The molecule has 0 radical (unpaired) electrons. The third-order valence-electron chi connectivity index (χ3n) is 5.28. The lowest BCUT2D eigenvalue weighted by atomic mass is 9.93. The Kier molecular flexibility index (Phi) is 5.53. The van der Waals surface area contributed by atoms with Gasteiger partial charge in [0.1, 0.15) is 5.82 Å². The Morgan fingerprint density at radius 3 is 2.84 bits per heavy atom. The molecule has 1 amide bonds. The van der Waals surface area contributed by atoms with E-state index in [0.29, 0.717) is 6.04 Å². The molecule has 2 aromatic rings. The number of amides is 1. The second kappa shape index (κ2) is 7.83. The molecule has 0 aliphatic carbocycles. The number of carbonyl (C=O) groups excluding carboxylic acids is 1. The molecule has 1 aliphatic rings. The normalized spacial score (nSPS) is 20.3. The van der Waals surface area contributed by atoms with Crippen molar-refractivity contribution < 1.29 is 4.79 Å². The van der Waals surface area contributed by atoms with Crippen LogP contribution in [0.1, 0.15) is 50.2 Å². The fourth-order valence-corrected chi connectivity index (χ4v) is 3.74. The van der Waals surface area contributed by atoms with Gasteiger partial charge in [-0.2, -0.15) is 0 Å². The summed E-state index contributed by atoms with van der Waals surface area (Å²) in [5.41, 5.74) is 7.37. The van der Waals surface area contributed by atoms with Crippen molar-refractivity contribution in [2.75, 3.05) is 13.1 Å². The molecule has 1 saturated heterocycles. The van der Waals surface area contributed by atoms with Crippen LogP contribution in [0.3, 0.4) is 0 Å². The summed E-state index contributed by atoms with van der Waals surface area (Å²) in [5.74, 6) is 1.02. The van der Waals surface area contributed by atoms with E-state index in [9.17, 15) is 4.79 Å². The molecule has 2 heterocycles. The van der Waals surface area contributed by atoms with E-state index in [1.807, 2.05) is 54.5 Å². The Labute approximate surface area is 149 Å². The molecule has 5 heteroatoms. The predicted molar refractivity (Wildman–Crippen MR) is 99.0 cm³/mol. The average molecular weight is 340 g/mol. The summed E-state index contributed by atoms with van der Waals surface area (Å²) in [4.78, 5) is 19.4. The van der Waals surface area contributed by atoms with Gasteiger partial charge in [0.25, 0.3) is 0 Å². The Morgan fingerprint density at radius 2 is 2.12 bits per heavy atom. The minimum Gasteiger partial charge on any atom is -0.340 e. The highest BCUT2D eigenvalue weighted by Gasteiger charge is 2.31. The van der Waals surface area contributed by atoms with Gasteiger partial charge >= 0.3 is 0 Å². The highest BCUT2D eigenvalue weighted by Crippen LogP contribution is 2.27. The standard InChI is InChI=1S/C20H28N4O/c1-3-18-22-11-13-24(18)17-10-7-12-23(14-17)20(25)15(2)19(21)16-8-5-4-6-9-16/h4-6,8-9,11,13,15,17,19H,3,7,10,12,14,21H2,1-2H3. The highest BCUT2D eigenvalue weighted by atomic mass is 16.2. The molecular weight excluding hydrogens is 312 g/mol. The minimum absolute atomic E-state index is 0.152. The van der Waals surface area contributed by atoms with Crippen molar-refractivity contribution in [2.24, 2.45) is 11.7 Å². The number of aryl methyl sites for hydroxylation is 1. The molecule has 134 valence electrons. The van der Waals surface area contributed by atoms with E-state index < -0.39 is 0 Å². The average Bonchev–Trinajstić information content (AvgIpc) is 3.16. The van der Waals surface area contributed by atoms with E-state index in [4.69, 9.17) is 5.73 Å². The van der Waals surface area contributed by atoms with E-state index >= 15 is 0 Å². The number of benzene rings is 1. The van der Waals surface area contributed by atoms with Crippen LogP contribution < -0.4 is 5.73 Å². The van der Waals surface area contributed by atoms with Crippen LogP contribution in [0.25, 0.3) is 0 Å². The van der Waals surface area contributed by atoms with Gasteiger partial charge in [0.2, 0.25) is 5.91 Å². The zero-order valence-electron chi connectivity index (χ0n) is 15.1. The Bertz CT molecular complexity index is 697. The maximum atomic E-state index is 13.0. The zero-order chi connectivity index (χ0) is 17.8. The number of imidazole rings is 1. The van der Waals surface area contributed by atoms with Crippen LogP contribution in [0.15, 0.2) is 42.7 Å². The van der Waals surface area contributed by atoms with Gasteiger partial charge in [0, 0.05) is 37.9 Å². The van der Waals surface area contributed by atoms with Crippen molar-refractivity contribution in [2.45, 2.75) is 45.2 Å². The molecule has 0 saturated carbocycles. The van der Waals surface area contributed by atoms with Gasteiger partial charge in [-0.15, -0.1) is 0 Å². The van der Waals surface area contributed by atoms with Gasteiger partial charge in [-0.3, -0.25) is 4.79 Å². The van der Waals surface area contributed by atoms with Crippen LogP contribution in [-0.2, 0) is 11.2 Å². The Morgan fingerprint density at radius 1 is 1.36 bits per heavy atom. The summed E-state index contributed by atoms with van der Waals surface area (Å²) in [6, 6.07) is 9.93. The third kappa shape index (κ3) is 3.76. The quantitative estimate of drug-likeness (QED) is 0.910. The number of likely N-dealkylation sites (tertiary alicyclic amines) is 1. The van der Waals surface area contributed by atoms with Crippen LogP contribution >= 0.6 is 0 Å². The van der Waals surface area contributed by atoms with Crippen LogP contribution in [0.5, 0.6) is 0 Å². The lowest BCUT2D eigenvalue weighted by Crippen LogP contribution is -2.45. The number of rotatable bonds is 5. The largest absolute Gasteiger partial charge is 0.340 e. The highest BCUT2D eigenvalue weighted by molar-refractivity contribution is 5.79. The minimum atomic E-state index is -0.270. The molecule has 1 aromatic carbocycles. The van der Waals surface area contributed by atoms with Crippen molar-refractivity contribution in [3.8, 4) is 0 Å². The van der Waals surface area contributed by atoms with Crippen molar-refractivity contribution >= 4 is 5.91 Å². The van der Waals surface area contributed by atoms with Gasteiger partial charge in [0.15, 0.2) is 0 Å². The summed E-state index contributed by atoms with van der Waals surface area (Å²) in [5, 5.41) is 0. The van der Waals surface area contributed by atoms with Crippen LogP contribution in [0, 0.1) is 5.92 Å². The summed E-state index contributed by atoms with van der Waals surface area (Å²) in [6.45, 7) is 5.62. The molecule has 0 bridgehead atoms. The number of nitrogens with two attached hydrogens (primary N) is 1. The monoisotopic (exact) mass is 340 g/mol. The maximum Gasteiger partial charge on any atom is 0.227 e. The molecule has 3 atom stereocenters. The molecule has 5 nitrogen and oxygen atoms in total. The first kappa shape index (κ1) is 17.7. The van der Waals surface area contributed by atoms with E-state index in [1.54, 1.807) is 0 Å². The van der Waals surface area contributed by atoms with Crippen LogP contribution in [0.2, 0.25) is 0 Å². The van der Waals surface area contributed by atoms with Crippen molar-refractivity contribution in [3.05, 3.63) is 54.1 Å². The Hall–Kier alpha value is -2.14. The number of hydrogen-bond acceptors (Lipinski definition) is 3. The molecule has 1 fully saturated rings. The fourth-order valence-electron chi connectivity index (χ4n) is 3.74. The van der Waals surface area contributed by atoms with Crippen molar-refractivity contribution in [3.63, 3.8) is 0 Å². The molecule has 1 aromatic heterocycles. The zero-order valence-corrected chi connectivity index (χ0v) is 15.1. The van der Waals surface area contributed by atoms with Crippen molar-refractivity contribution in [1.82, 2.24) is 14.5 Å². The van der Waals surface area contributed by atoms with E-state index in [1.165, 1.54) is 0 Å². The first-order valence-electron chi connectivity index (χ1n) is 9.22. The Balaban J connectivity index is 1.69. The summed E-state index contributed by atoms with van der Waals surface area (Å²) < 4.78 is 2.24. The summed E-state index contributed by atoms with van der Waals surface area (Å²) >= 11 is 0. The smallest absolute Gasteiger partial charge is 0.227 e. The molecular formula is C20H28N4O. The molecule has 3 unspecified atom stereocenters. The van der Waals surface area contributed by atoms with Crippen LogP contribution in [0.4, 0.5) is 0 Å². The number of hydrogen-bond donors (Lipinski definition) is 1. The van der Waals surface area contributed by atoms with Crippen molar-refractivity contribution in [1.29, 1.82) is 0 Å². The van der Waals surface area contributed by atoms with Gasteiger partial charge < -0.3 is 15.2 Å². The molecule has 25 heavy (non-hydrogen) atoms. The number of piperidine rings is 1. The second-order valence-electron chi connectivity index (χ2n) is 6.91. The maximum absolute atomic E-state index is 13.0. The van der Waals surface area contributed by atoms with Gasteiger partial charge in [-0.1, -0.05) is 44.2 Å². The van der Waals surface area contributed by atoms with Crippen LogP contribution in [-0.4, -0.2) is 33.4 Å². The lowest BCUT2D eigenvalue weighted by molar-refractivity contribution is -0.137. The third-order valence-corrected chi connectivity index (χ3v) is 5.28. The first-order valence-corrected chi connectivity index (χ1v) is 9.22. The molecule has 1 aliphatic heterocycles. The first-order chi connectivity index (χ1) is 12.1. The van der Waals surface area contributed by atoms with Gasteiger partial charge in [-0.05, 0) is 18.4 Å². The number of aromatic nitrogens is 2. The molecule has 2 N–H and O–H groups in total. The molecule has 0 spiro atoms. The number of carbonyl (C=O) groups is 1. The van der Waals surface area contributed by atoms with E-state index in [0.717, 1.165) is 43.7 Å². The van der Waals surface area contributed by atoms with Gasteiger partial charge in [-0.25, -0.2) is 4.98 Å². The topological polar surface area (TPSA) is 64.2 Å². The SMILES string of the molecule is CCc1nccn1C1CCCN(C(=O)C(C)C(N)c2ccccc2)C1. The van der Waals surface area contributed by atoms with Gasteiger partial charge in [0.05, 0.1) is 12.0 Å². The fraction of sp³-hybridized carbons (Fsp3) is 0.500.